The van der Waals surface area contributed by atoms with Crippen molar-refractivity contribution in [3.63, 3.8) is 0 Å². The molecule has 1 aliphatic carbocycles. The average Bonchev–Trinajstić information content (AvgIpc) is 2.97. The highest BCUT2D eigenvalue weighted by Gasteiger charge is 2.32. The molecular weight excluding hydrogens is 214 g/mol. The zero-order valence-corrected chi connectivity index (χ0v) is 11.6. The Balaban J connectivity index is 2.39. The second-order valence-electron chi connectivity index (χ2n) is 5.95. The van der Waals surface area contributed by atoms with E-state index in [9.17, 15) is 4.79 Å². The van der Waals surface area contributed by atoms with Gasteiger partial charge in [0.2, 0.25) is 5.91 Å². The van der Waals surface area contributed by atoms with Crippen LogP contribution in [-0.4, -0.2) is 42.5 Å². The summed E-state index contributed by atoms with van der Waals surface area (Å²) in [7, 11) is 2.12. The lowest BCUT2D eigenvalue weighted by molar-refractivity contribution is -0.124. The number of amides is 1. The number of carbonyl (C=O) groups is 1. The van der Waals surface area contributed by atoms with Gasteiger partial charge in [0.15, 0.2) is 0 Å². The highest BCUT2D eigenvalue weighted by atomic mass is 16.1. The Kier molecular flexibility index (Phi) is 4.95. The molecule has 1 saturated carbocycles. The molecule has 4 nitrogen and oxygen atoms in total. The van der Waals surface area contributed by atoms with Crippen LogP contribution in [0, 0.1) is 5.92 Å². The minimum atomic E-state index is -0.591. The summed E-state index contributed by atoms with van der Waals surface area (Å²) in [5.74, 6) is 0.629. The first-order valence-corrected chi connectivity index (χ1v) is 6.59. The monoisotopic (exact) mass is 241 g/mol. The van der Waals surface area contributed by atoms with Crippen LogP contribution in [0.3, 0.4) is 0 Å². The van der Waals surface area contributed by atoms with Crippen molar-refractivity contribution in [1.82, 2.24) is 10.2 Å². The van der Waals surface area contributed by atoms with Gasteiger partial charge in [0, 0.05) is 19.1 Å². The molecule has 17 heavy (non-hydrogen) atoms. The second kappa shape index (κ2) is 5.83. The number of nitrogens with two attached hydrogens (primary N) is 1. The Morgan fingerprint density at radius 2 is 2.12 bits per heavy atom. The third-order valence-corrected chi connectivity index (χ3v) is 3.41. The van der Waals surface area contributed by atoms with Crippen LogP contribution in [0.2, 0.25) is 0 Å². The lowest BCUT2D eigenvalue weighted by Gasteiger charge is -2.31. The molecule has 0 aromatic carbocycles. The van der Waals surface area contributed by atoms with E-state index in [2.05, 4.69) is 17.3 Å². The third kappa shape index (κ3) is 5.04. The number of nitrogens with zero attached hydrogens (tertiary/aromatic N) is 1. The van der Waals surface area contributed by atoms with Crippen molar-refractivity contribution in [3.8, 4) is 0 Å². The number of nitrogens with one attached hydrogen (secondary N) is 1. The van der Waals surface area contributed by atoms with Crippen LogP contribution >= 0.6 is 0 Å². The van der Waals surface area contributed by atoms with Gasteiger partial charge in [-0.3, -0.25) is 4.79 Å². The first kappa shape index (κ1) is 14.5. The maximum atomic E-state index is 11.5. The number of carbonyl (C=O) groups excluding carboxylic acids is 1. The van der Waals surface area contributed by atoms with E-state index < -0.39 is 5.54 Å². The topological polar surface area (TPSA) is 58.4 Å². The normalized spacial score (nSPS) is 19.6. The zero-order chi connectivity index (χ0) is 13.1. The van der Waals surface area contributed by atoms with Crippen molar-refractivity contribution in [2.24, 2.45) is 11.7 Å². The number of rotatable bonds is 8. The van der Waals surface area contributed by atoms with Crippen molar-refractivity contribution in [3.05, 3.63) is 0 Å². The Labute approximate surface area is 105 Å². The summed E-state index contributed by atoms with van der Waals surface area (Å²) in [6, 6.07) is 0.265. The molecule has 0 radical (unpaired) electrons. The summed E-state index contributed by atoms with van der Waals surface area (Å²) >= 11 is 0. The molecule has 3 N–H and O–H groups in total. The van der Waals surface area contributed by atoms with E-state index >= 15 is 0 Å². The fourth-order valence-corrected chi connectivity index (χ4v) is 2.15. The molecule has 0 saturated heterocycles. The highest BCUT2D eigenvalue weighted by molar-refractivity contribution is 5.84. The van der Waals surface area contributed by atoms with E-state index in [-0.39, 0.29) is 11.9 Å². The Hall–Kier alpha value is -0.610. The van der Waals surface area contributed by atoms with E-state index in [4.69, 9.17) is 5.73 Å². The summed E-state index contributed by atoms with van der Waals surface area (Å²) in [6.07, 6.45) is 3.49. The molecule has 1 rings (SSSR count). The summed E-state index contributed by atoms with van der Waals surface area (Å²) in [5, 5.41) is 3.28. The minimum absolute atomic E-state index is 0.258. The van der Waals surface area contributed by atoms with Gasteiger partial charge in [-0.05, 0) is 53.0 Å². The summed E-state index contributed by atoms with van der Waals surface area (Å²) in [4.78, 5) is 13.9. The van der Waals surface area contributed by atoms with Gasteiger partial charge in [0.05, 0.1) is 5.54 Å². The lowest BCUT2D eigenvalue weighted by Crippen LogP contribution is -2.56. The predicted molar refractivity (Wildman–Crippen MR) is 70.7 cm³/mol. The van der Waals surface area contributed by atoms with Gasteiger partial charge < -0.3 is 16.0 Å². The van der Waals surface area contributed by atoms with E-state index in [0.717, 1.165) is 25.4 Å². The predicted octanol–water partition coefficient (Wildman–Crippen LogP) is 0.960. The van der Waals surface area contributed by atoms with Crippen molar-refractivity contribution in [2.45, 2.75) is 51.6 Å². The standard InChI is InChI=1S/C13H27N3O/c1-10(2)15-13(3,12(14)17)7-8-16(4)9-11-5-6-11/h10-11,15H,5-9H2,1-4H3,(H2,14,17). The maximum Gasteiger partial charge on any atom is 0.237 e. The van der Waals surface area contributed by atoms with Crippen LogP contribution in [0.4, 0.5) is 0 Å². The van der Waals surface area contributed by atoms with E-state index in [1.54, 1.807) is 0 Å². The lowest BCUT2D eigenvalue weighted by atomic mass is 9.95. The first-order valence-electron chi connectivity index (χ1n) is 6.59. The molecule has 0 bridgehead atoms. The second-order valence-corrected chi connectivity index (χ2v) is 5.95. The fraction of sp³-hybridized carbons (Fsp3) is 0.923. The molecule has 1 unspecified atom stereocenters. The highest BCUT2D eigenvalue weighted by Crippen LogP contribution is 2.29. The van der Waals surface area contributed by atoms with Crippen molar-refractivity contribution >= 4 is 5.91 Å². The molecular formula is C13H27N3O. The van der Waals surface area contributed by atoms with Crippen LogP contribution < -0.4 is 11.1 Å². The Morgan fingerprint density at radius 3 is 2.53 bits per heavy atom. The van der Waals surface area contributed by atoms with Gasteiger partial charge in [0.25, 0.3) is 0 Å². The zero-order valence-electron chi connectivity index (χ0n) is 11.6. The minimum Gasteiger partial charge on any atom is -0.368 e. The maximum absolute atomic E-state index is 11.5. The quantitative estimate of drug-likeness (QED) is 0.665. The molecule has 1 amide bonds. The fourth-order valence-electron chi connectivity index (χ4n) is 2.15. The molecule has 0 aromatic heterocycles. The molecule has 0 aromatic rings. The number of hydrogen-bond acceptors (Lipinski definition) is 3. The van der Waals surface area contributed by atoms with Crippen molar-refractivity contribution < 1.29 is 4.79 Å². The van der Waals surface area contributed by atoms with Gasteiger partial charge in [-0.1, -0.05) is 0 Å². The first-order chi connectivity index (χ1) is 7.83. The average molecular weight is 241 g/mol. The summed E-state index contributed by atoms with van der Waals surface area (Å²) in [6.45, 7) is 8.04. The summed E-state index contributed by atoms with van der Waals surface area (Å²) in [5.41, 5.74) is 4.91. The SMILES string of the molecule is CC(C)NC(C)(CCN(C)CC1CC1)C(N)=O. The largest absolute Gasteiger partial charge is 0.368 e. The van der Waals surface area contributed by atoms with E-state index in [0.29, 0.717) is 0 Å². The van der Waals surface area contributed by atoms with Gasteiger partial charge in [-0.25, -0.2) is 0 Å². The smallest absolute Gasteiger partial charge is 0.237 e. The molecule has 4 heteroatoms. The third-order valence-electron chi connectivity index (χ3n) is 3.41. The Bertz CT molecular complexity index is 263. The van der Waals surface area contributed by atoms with Crippen LogP contribution in [-0.2, 0) is 4.79 Å². The van der Waals surface area contributed by atoms with E-state index in [1.165, 1.54) is 12.8 Å². The van der Waals surface area contributed by atoms with E-state index in [1.807, 2.05) is 20.8 Å². The summed E-state index contributed by atoms with van der Waals surface area (Å²) < 4.78 is 0. The molecule has 0 heterocycles. The van der Waals surface area contributed by atoms with Gasteiger partial charge >= 0.3 is 0 Å². The Morgan fingerprint density at radius 1 is 1.53 bits per heavy atom. The van der Waals surface area contributed by atoms with Crippen LogP contribution in [0.15, 0.2) is 0 Å². The van der Waals surface area contributed by atoms with Gasteiger partial charge in [0.1, 0.15) is 0 Å². The molecule has 100 valence electrons. The molecule has 0 spiro atoms. The number of hydrogen-bond donors (Lipinski definition) is 2. The van der Waals surface area contributed by atoms with Crippen LogP contribution in [0.1, 0.15) is 40.0 Å². The van der Waals surface area contributed by atoms with Crippen molar-refractivity contribution in [2.75, 3.05) is 20.1 Å². The van der Waals surface area contributed by atoms with Gasteiger partial charge in [-0.15, -0.1) is 0 Å². The van der Waals surface area contributed by atoms with Gasteiger partial charge in [-0.2, -0.15) is 0 Å². The molecule has 0 aliphatic heterocycles. The van der Waals surface area contributed by atoms with Crippen LogP contribution in [0.25, 0.3) is 0 Å². The van der Waals surface area contributed by atoms with Crippen LogP contribution in [0.5, 0.6) is 0 Å². The number of primary amides is 1. The molecule has 1 atom stereocenters. The molecule has 1 aliphatic rings. The van der Waals surface area contributed by atoms with Crippen molar-refractivity contribution in [1.29, 1.82) is 0 Å². The molecule has 1 fully saturated rings.